The number of aromatic nitrogens is 2. The van der Waals surface area contributed by atoms with E-state index >= 15 is 0 Å². The Bertz CT molecular complexity index is 1140. The maximum atomic E-state index is 6.24. The largest absolute Gasteiger partial charge is 0.497 e. The molecule has 0 unspecified atom stereocenters. The molecule has 4 rings (SSSR count). The summed E-state index contributed by atoms with van der Waals surface area (Å²) in [7, 11) is 5.83. The average molecular weight is 446 g/mol. The first-order valence-electron chi connectivity index (χ1n) is 11.2. The minimum absolute atomic E-state index is 0.254. The number of hydrogen-bond acceptors (Lipinski definition) is 7. The predicted octanol–water partition coefficient (Wildman–Crippen LogP) is 4.33. The monoisotopic (exact) mass is 445 g/mol. The van der Waals surface area contributed by atoms with Crippen molar-refractivity contribution in [3.8, 4) is 22.8 Å². The molecule has 0 aliphatic carbocycles. The minimum atomic E-state index is 0.254. The molecule has 0 saturated carbocycles. The van der Waals surface area contributed by atoms with Crippen LogP contribution in [0.25, 0.3) is 11.3 Å². The van der Waals surface area contributed by atoms with Gasteiger partial charge in [-0.15, -0.1) is 0 Å². The molecule has 172 valence electrons. The molecular formula is C26H31N5O2. The molecule has 7 heteroatoms. The topological polar surface area (TPSA) is 85.9 Å². The van der Waals surface area contributed by atoms with Crippen molar-refractivity contribution in [3.63, 3.8) is 0 Å². The highest BCUT2D eigenvalue weighted by molar-refractivity contribution is 5.96. The van der Waals surface area contributed by atoms with Crippen molar-refractivity contribution in [2.24, 2.45) is 4.99 Å². The fourth-order valence-corrected chi connectivity index (χ4v) is 3.96. The molecule has 1 aliphatic heterocycles. The number of aryl methyl sites for hydroxylation is 1. The minimum Gasteiger partial charge on any atom is -0.497 e. The fourth-order valence-electron chi connectivity index (χ4n) is 3.96. The van der Waals surface area contributed by atoms with Gasteiger partial charge in [0.05, 0.1) is 25.1 Å². The third-order valence-electron chi connectivity index (χ3n) is 5.66. The number of aliphatic imine (C=N–C) groups is 1. The molecule has 1 aliphatic rings. The standard InChI is InChI=1S/C26H31N5O2/c1-31(2)12-5-13-33-25-16-19(23-10-11-28-26(27)30-23)15-24-22(25)17-20(29-24)9-8-18-6-4-7-21(14-18)32-3/h4,6-7,10-11,14-16H,5,8-9,12-13,17H2,1-3H3,(H2,27,28,30). The van der Waals surface area contributed by atoms with Crippen LogP contribution in [0.1, 0.15) is 24.0 Å². The predicted molar refractivity (Wildman–Crippen MR) is 133 cm³/mol. The molecule has 0 spiro atoms. The van der Waals surface area contributed by atoms with Gasteiger partial charge >= 0.3 is 0 Å². The highest BCUT2D eigenvalue weighted by Gasteiger charge is 2.21. The number of fused-ring (bicyclic) bond motifs is 1. The average Bonchev–Trinajstić information content (AvgIpc) is 3.23. The van der Waals surface area contributed by atoms with Gasteiger partial charge in [-0.25, -0.2) is 9.97 Å². The van der Waals surface area contributed by atoms with Crippen LogP contribution in [0.2, 0.25) is 0 Å². The first-order valence-corrected chi connectivity index (χ1v) is 11.2. The number of ether oxygens (including phenoxy) is 2. The Hall–Kier alpha value is -3.45. The maximum Gasteiger partial charge on any atom is 0.220 e. The van der Waals surface area contributed by atoms with Gasteiger partial charge in [-0.3, -0.25) is 4.99 Å². The molecule has 33 heavy (non-hydrogen) atoms. The zero-order valence-corrected chi connectivity index (χ0v) is 19.5. The Morgan fingerprint density at radius 3 is 2.76 bits per heavy atom. The van der Waals surface area contributed by atoms with E-state index in [2.05, 4.69) is 53.2 Å². The summed E-state index contributed by atoms with van der Waals surface area (Å²) in [4.78, 5) is 15.5. The molecule has 3 aromatic rings. The molecular weight excluding hydrogens is 414 g/mol. The van der Waals surface area contributed by atoms with E-state index in [1.54, 1.807) is 13.3 Å². The first kappa shape index (κ1) is 22.7. The van der Waals surface area contributed by atoms with Gasteiger partial charge in [-0.05, 0) is 69.3 Å². The molecule has 0 radical (unpaired) electrons. The van der Waals surface area contributed by atoms with Gasteiger partial charge in [-0.2, -0.15) is 0 Å². The lowest BCUT2D eigenvalue weighted by Gasteiger charge is -2.14. The molecule has 2 N–H and O–H groups in total. The lowest BCUT2D eigenvalue weighted by atomic mass is 10.0. The van der Waals surface area contributed by atoms with Crippen molar-refractivity contribution in [3.05, 3.63) is 59.8 Å². The number of hydrogen-bond donors (Lipinski definition) is 1. The second-order valence-electron chi connectivity index (χ2n) is 8.48. The highest BCUT2D eigenvalue weighted by atomic mass is 16.5. The summed E-state index contributed by atoms with van der Waals surface area (Å²) in [5, 5.41) is 0. The number of rotatable bonds is 10. The van der Waals surface area contributed by atoms with Crippen LogP contribution in [0, 0.1) is 0 Å². The van der Waals surface area contributed by atoms with Crippen molar-refractivity contribution in [2.75, 3.05) is 40.1 Å². The van der Waals surface area contributed by atoms with Crippen LogP contribution in [0.15, 0.2) is 53.7 Å². The molecule has 0 amide bonds. The van der Waals surface area contributed by atoms with Gasteiger partial charge in [0.15, 0.2) is 0 Å². The summed E-state index contributed by atoms with van der Waals surface area (Å²) in [6.07, 6.45) is 5.23. The lowest BCUT2D eigenvalue weighted by Crippen LogP contribution is -2.15. The van der Waals surface area contributed by atoms with Crippen LogP contribution in [0.5, 0.6) is 11.5 Å². The number of nitrogens with zero attached hydrogens (tertiary/aromatic N) is 4. The quantitative estimate of drug-likeness (QED) is 0.468. The SMILES string of the molecule is COc1cccc(CCC2=Nc3cc(-c4ccnc(N)n4)cc(OCCCN(C)C)c3C2)c1. The number of methoxy groups -OCH3 is 1. The number of nitrogen functional groups attached to an aromatic ring is 1. The summed E-state index contributed by atoms with van der Waals surface area (Å²) < 4.78 is 11.6. The van der Waals surface area contributed by atoms with Crippen molar-refractivity contribution >= 4 is 17.3 Å². The Morgan fingerprint density at radius 2 is 1.97 bits per heavy atom. The summed E-state index contributed by atoms with van der Waals surface area (Å²) >= 11 is 0. The molecule has 0 saturated heterocycles. The third-order valence-corrected chi connectivity index (χ3v) is 5.66. The van der Waals surface area contributed by atoms with Gasteiger partial charge in [0.1, 0.15) is 11.5 Å². The second-order valence-corrected chi connectivity index (χ2v) is 8.48. The molecule has 1 aromatic heterocycles. The van der Waals surface area contributed by atoms with Crippen molar-refractivity contribution < 1.29 is 9.47 Å². The lowest BCUT2D eigenvalue weighted by molar-refractivity contribution is 0.280. The van der Waals surface area contributed by atoms with Gasteiger partial charge in [-0.1, -0.05) is 12.1 Å². The van der Waals surface area contributed by atoms with Gasteiger partial charge in [0.25, 0.3) is 0 Å². The molecule has 2 heterocycles. The van der Waals surface area contributed by atoms with E-state index in [0.29, 0.717) is 6.61 Å². The Labute approximate surface area is 195 Å². The van der Waals surface area contributed by atoms with Crippen LogP contribution in [-0.2, 0) is 12.8 Å². The zero-order chi connectivity index (χ0) is 23.2. The normalized spacial score (nSPS) is 12.5. The smallest absolute Gasteiger partial charge is 0.220 e. The third kappa shape index (κ3) is 5.87. The summed E-state index contributed by atoms with van der Waals surface area (Å²) in [5.41, 5.74) is 12.0. The summed E-state index contributed by atoms with van der Waals surface area (Å²) in [6, 6.07) is 14.2. The molecule has 0 atom stereocenters. The number of anilines is 1. The Morgan fingerprint density at radius 1 is 1.09 bits per heavy atom. The van der Waals surface area contributed by atoms with Gasteiger partial charge in [0.2, 0.25) is 5.95 Å². The fraction of sp³-hybridized carbons (Fsp3) is 0.346. The van der Waals surface area contributed by atoms with E-state index in [0.717, 1.165) is 71.9 Å². The molecule has 0 bridgehead atoms. The first-order chi connectivity index (χ1) is 16.0. The maximum absolute atomic E-state index is 6.24. The molecule has 2 aromatic carbocycles. The zero-order valence-electron chi connectivity index (χ0n) is 19.5. The summed E-state index contributed by atoms with van der Waals surface area (Å²) in [6.45, 7) is 1.63. The highest BCUT2D eigenvalue weighted by Crippen LogP contribution is 2.39. The van der Waals surface area contributed by atoms with E-state index in [1.807, 2.05) is 18.2 Å². The van der Waals surface area contributed by atoms with E-state index in [9.17, 15) is 0 Å². The van der Waals surface area contributed by atoms with Crippen LogP contribution < -0.4 is 15.2 Å². The van der Waals surface area contributed by atoms with E-state index < -0.39 is 0 Å². The van der Waals surface area contributed by atoms with E-state index in [1.165, 1.54) is 5.56 Å². The van der Waals surface area contributed by atoms with E-state index in [-0.39, 0.29) is 5.95 Å². The van der Waals surface area contributed by atoms with Crippen LogP contribution >= 0.6 is 0 Å². The number of nitrogens with two attached hydrogens (primary N) is 1. The van der Waals surface area contributed by atoms with Gasteiger partial charge in [0, 0.05) is 36.0 Å². The Balaban J connectivity index is 1.55. The van der Waals surface area contributed by atoms with Crippen LogP contribution in [-0.4, -0.2) is 54.9 Å². The number of benzene rings is 2. The summed E-state index contributed by atoms with van der Waals surface area (Å²) in [5.74, 6) is 2.01. The van der Waals surface area contributed by atoms with E-state index in [4.69, 9.17) is 20.2 Å². The molecule has 7 nitrogen and oxygen atoms in total. The van der Waals surface area contributed by atoms with Crippen LogP contribution in [0.4, 0.5) is 11.6 Å². The Kier molecular flexibility index (Phi) is 7.19. The molecule has 0 fully saturated rings. The second kappa shape index (κ2) is 10.4. The van der Waals surface area contributed by atoms with Crippen LogP contribution in [0.3, 0.4) is 0 Å². The van der Waals surface area contributed by atoms with Crippen molar-refractivity contribution in [1.82, 2.24) is 14.9 Å². The van der Waals surface area contributed by atoms with Crippen molar-refractivity contribution in [1.29, 1.82) is 0 Å². The van der Waals surface area contributed by atoms with Crippen molar-refractivity contribution in [2.45, 2.75) is 25.7 Å². The van der Waals surface area contributed by atoms with Gasteiger partial charge < -0.3 is 20.1 Å².